The molecule has 0 heterocycles. The van der Waals surface area contributed by atoms with Crippen LogP contribution >= 0.6 is 11.6 Å². The smallest absolute Gasteiger partial charge is 0.266 e. The minimum absolute atomic E-state index is 0.0425. The van der Waals surface area contributed by atoms with Gasteiger partial charge < -0.3 is 10.1 Å². The predicted octanol–water partition coefficient (Wildman–Crippen LogP) is 6.39. The maximum Gasteiger partial charge on any atom is 0.266 e. The molecule has 0 aromatic heterocycles. The fourth-order valence-corrected chi connectivity index (χ4v) is 3.40. The van der Waals surface area contributed by atoms with Crippen LogP contribution in [0.2, 0.25) is 5.02 Å². The van der Waals surface area contributed by atoms with Crippen LogP contribution in [0.5, 0.6) is 5.75 Å². The number of carbonyl (C=O) groups excluding carboxylic acids is 1. The van der Waals surface area contributed by atoms with E-state index in [4.69, 9.17) is 16.3 Å². The molecule has 5 heteroatoms. The average Bonchev–Trinajstić information content (AvgIpc) is 2.72. The lowest BCUT2D eigenvalue weighted by atomic mass is 10.1. The van der Waals surface area contributed by atoms with Crippen LogP contribution in [-0.4, -0.2) is 5.91 Å². The first-order valence-corrected chi connectivity index (χ1v) is 10.2. The summed E-state index contributed by atoms with van der Waals surface area (Å²) in [5.74, 6) is 0.0473. The standard InChI is InChI=1S/C26H23ClN2O2/c1-17-4-7-24(8-5-17)29-26(30)22(15-28)13-21-14-23(27)6-9-25(21)31-16-20-11-18(2)10-19(3)12-20/h4-14H,16H2,1-3H3,(H,29,30)/b22-13+. The fourth-order valence-electron chi connectivity index (χ4n) is 3.22. The van der Waals surface area contributed by atoms with Gasteiger partial charge in [-0.3, -0.25) is 4.79 Å². The molecule has 0 saturated carbocycles. The molecule has 3 aromatic rings. The second-order valence-electron chi connectivity index (χ2n) is 7.46. The van der Waals surface area contributed by atoms with E-state index in [-0.39, 0.29) is 5.57 Å². The van der Waals surface area contributed by atoms with Gasteiger partial charge in [0.25, 0.3) is 5.91 Å². The molecule has 0 saturated heterocycles. The van der Waals surface area contributed by atoms with Gasteiger partial charge in [0.1, 0.15) is 24.0 Å². The lowest BCUT2D eigenvalue weighted by molar-refractivity contribution is -0.112. The highest BCUT2D eigenvalue weighted by Crippen LogP contribution is 2.27. The van der Waals surface area contributed by atoms with Gasteiger partial charge >= 0.3 is 0 Å². The average molecular weight is 431 g/mol. The second-order valence-corrected chi connectivity index (χ2v) is 7.89. The first-order valence-electron chi connectivity index (χ1n) is 9.83. The molecule has 0 aliphatic rings. The quantitative estimate of drug-likeness (QED) is 0.364. The second kappa shape index (κ2) is 9.97. The van der Waals surface area contributed by atoms with Gasteiger partial charge in [-0.1, -0.05) is 58.6 Å². The van der Waals surface area contributed by atoms with Crippen LogP contribution in [-0.2, 0) is 11.4 Å². The van der Waals surface area contributed by atoms with Gasteiger partial charge in [-0.15, -0.1) is 0 Å². The summed E-state index contributed by atoms with van der Waals surface area (Å²) >= 11 is 6.16. The molecule has 0 spiro atoms. The van der Waals surface area contributed by atoms with E-state index in [1.165, 1.54) is 6.08 Å². The van der Waals surface area contributed by atoms with E-state index in [1.54, 1.807) is 30.3 Å². The first kappa shape index (κ1) is 22.1. The number of hydrogen-bond donors (Lipinski definition) is 1. The molecule has 156 valence electrons. The molecule has 0 unspecified atom stereocenters. The lowest BCUT2D eigenvalue weighted by Gasteiger charge is -2.12. The molecule has 3 rings (SSSR count). The molecule has 0 aliphatic carbocycles. The van der Waals surface area contributed by atoms with E-state index in [9.17, 15) is 10.1 Å². The Balaban J connectivity index is 1.83. The Kier molecular flexibility index (Phi) is 7.12. The predicted molar refractivity (Wildman–Crippen MR) is 125 cm³/mol. The van der Waals surface area contributed by atoms with Crippen LogP contribution in [0.4, 0.5) is 5.69 Å². The number of halogens is 1. The lowest BCUT2D eigenvalue weighted by Crippen LogP contribution is -2.13. The summed E-state index contributed by atoms with van der Waals surface area (Å²) in [4.78, 5) is 12.6. The van der Waals surface area contributed by atoms with Crippen molar-refractivity contribution >= 4 is 29.3 Å². The Bertz CT molecular complexity index is 1150. The number of carbonyl (C=O) groups is 1. The number of ether oxygens (including phenoxy) is 1. The summed E-state index contributed by atoms with van der Waals surface area (Å²) in [6, 6.07) is 20.7. The normalized spacial score (nSPS) is 11.0. The van der Waals surface area contributed by atoms with Crippen molar-refractivity contribution in [1.82, 2.24) is 0 Å². The highest BCUT2D eigenvalue weighted by atomic mass is 35.5. The summed E-state index contributed by atoms with van der Waals surface area (Å²) in [6.07, 6.45) is 1.49. The SMILES string of the molecule is Cc1ccc(NC(=O)/C(C#N)=C/c2cc(Cl)ccc2OCc2cc(C)cc(C)c2)cc1. The van der Waals surface area contributed by atoms with Crippen LogP contribution in [0, 0.1) is 32.1 Å². The Morgan fingerprint density at radius 3 is 2.32 bits per heavy atom. The molecule has 0 radical (unpaired) electrons. The molecule has 3 aromatic carbocycles. The van der Waals surface area contributed by atoms with Crippen LogP contribution in [0.25, 0.3) is 6.08 Å². The molecule has 0 atom stereocenters. The van der Waals surface area contributed by atoms with Crippen LogP contribution in [0.15, 0.2) is 66.2 Å². The maximum absolute atomic E-state index is 12.6. The van der Waals surface area contributed by atoms with Crippen molar-refractivity contribution in [3.63, 3.8) is 0 Å². The molecular formula is C26H23ClN2O2. The number of anilines is 1. The molecule has 1 N–H and O–H groups in total. The summed E-state index contributed by atoms with van der Waals surface area (Å²) in [6.45, 7) is 6.41. The topological polar surface area (TPSA) is 62.1 Å². The fraction of sp³-hybridized carbons (Fsp3) is 0.154. The van der Waals surface area contributed by atoms with Crippen LogP contribution in [0.1, 0.15) is 27.8 Å². The monoisotopic (exact) mass is 430 g/mol. The molecule has 0 fully saturated rings. The van der Waals surface area contributed by atoms with Gasteiger partial charge in [-0.25, -0.2) is 0 Å². The van der Waals surface area contributed by atoms with Crippen LogP contribution < -0.4 is 10.1 Å². The highest BCUT2D eigenvalue weighted by Gasteiger charge is 2.12. The van der Waals surface area contributed by atoms with Gasteiger partial charge in [0.2, 0.25) is 0 Å². The van der Waals surface area contributed by atoms with Gasteiger partial charge in [0.05, 0.1) is 0 Å². The van der Waals surface area contributed by atoms with E-state index in [2.05, 4.69) is 23.5 Å². The first-order chi connectivity index (χ1) is 14.8. The molecule has 0 bridgehead atoms. The number of amides is 1. The Morgan fingerprint density at radius 1 is 1.00 bits per heavy atom. The summed E-state index contributed by atoms with van der Waals surface area (Å²) in [5.41, 5.74) is 5.59. The Hall–Kier alpha value is -3.55. The summed E-state index contributed by atoms with van der Waals surface area (Å²) in [5, 5.41) is 12.8. The Morgan fingerprint density at radius 2 is 1.68 bits per heavy atom. The third kappa shape index (κ3) is 6.21. The van der Waals surface area contributed by atoms with E-state index in [0.29, 0.717) is 28.6 Å². The number of nitriles is 1. The highest BCUT2D eigenvalue weighted by molar-refractivity contribution is 6.30. The number of benzene rings is 3. The third-order valence-corrected chi connectivity index (χ3v) is 4.86. The largest absolute Gasteiger partial charge is 0.488 e. The van der Waals surface area contributed by atoms with Gasteiger partial charge in [-0.05, 0) is 62.7 Å². The van der Waals surface area contributed by atoms with Crippen molar-refractivity contribution in [3.05, 3.63) is 99.1 Å². The zero-order valence-corrected chi connectivity index (χ0v) is 18.5. The van der Waals surface area contributed by atoms with Gasteiger partial charge in [0, 0.05) is 16.3 Å². The van der Waals surface area contributed by atoms with E-state index < -0.39 is 5.91 Å². The van der Waals surface area contributed by atoms with E-state index in [1.807, 2.05) is 39.0 Å². The van der Waals surface area contributed by atoms with E-state index in [0.717, 1.165) is 22.3 Å². The number of aryl methyl sites for hydroxylation is 3. The summed E-state index contributed by atoms with van der Waals surface area (Å²) < 4.78 is 6.00. The van der Waals surface area contributed by atoms with Crippen molar-refractivity contribution in [2.24, 2.45) is 0 Å². The maximum atomic E-state index is 12.6. The number of nitrogens with zero attached hydrogens (tertiary/aromatic N) is 1. The van der Waals surface area contributed by atoms with Crippen LogP contribution in [0.3, 0.4) is 0 Å². The Labute approximate surface area is 187 Å². The molecule has 1 amide bonds. The molecule has 4 nitrogen and oxygen atoms in total. The van der Waals surface area contributed by atoms with Crippen molar-refractivity contribution in [2.45, 2.75) is 27.4 Å². The molecular weight excluding hydrogens is 408 g/mol. The zero-order chi connectivity index (χ0) is 22.4. The van der Waals surface area contributed by atoms with Crippen molar-refractivity contribution in [3.8, 4) is 11.8 Å². The zero-order valence-electron chi connectivity index (χ0n) is 17.7. The summed E-state index contributed by atoms with van der Waals surface area (Å²) in [7, 11) is 0. The van der Waals surface area contributed by atoms with Gasteiger partial charge in [0.15, 0.2) is 0 Å². The van der Waals surface area contributed by atoms with Crippen molar-refractivity contribution in [2.75, 3.05) is 5.32 Å². The van der Waals surface area contributed by atoms with Gasteiger partial charge in [-0.2, -0.15) is 5.26 Å². The van der Waals surface area contributed by atoms with Crippen molar-refractivity contribution < 1.29 is 9.53 Å². The minimum Gasteiger partial charge on any atom is -0.488 e. The number of rotatable bonds is 6. The number of nitrogens with one attached hydrogen (secondary N) is 1. The van der Waals surface area contributed by atoms with Crippen molar-refractivity contribution in [1.29, 1.82) is 5.26 Å². The minimum atomic E-state index is -0.494. The third-order valence-electron chi connectivity index (χ3n) is 4.62. The number of hydrogen-bond acceptors (Lipinski definition) is 3. The van der Waals surface area contributed by atoms with E-state index >= 15 is 0 Å². The molecule has 0 aliphatic heterocycles. The molecule has 31 heavy (non-hydrogen) atoms.